The number of carbonyl (C=O) groups is 2. The standard InChI is InChI=1S/C33H36N4O5/c1-21(2)17-36(32(39)25-10-15-29-30(16-25)42-20-41-29)19-31(38)35-33-34-28(24-8-13-27(40-5)14-9-24)18-37(33)26-11-6-23(7-12-26)22(3)4/h6-16,18,21-22H,17,19-20H2,1-5H3,(H,34,35,38). The molecule has 218 valence electrons. The van der Waals surface area contributed by atoms with Gasteiger partial charge in [0.15, 0.2) is 11.5 Å². The third kappa shape index (κ3) is 6.40. The molecule has 9 heteroatoms. The van der Waals surface area contributed by atoms with Gasteiger partial charge in [-0.15, -0.1) is 0 Å². The van der Waals surface area contributed by atoms with Crippen LogP contribution in [-0.2, 0) is 4.79 Å². The van der Waals surface area contributed by atoms with Crippen LogP contribution >= 0.6 is 0 Å². The minimum Gasteiger partial charge on any atom is -0.497 e. The average Bonchev–Trinajstić information content (AvgIpc) is 3.63. The quantitative estimate of drug-likeness (QED) is 0.247. The van der Waals surface area contributed by atoms with Crippen LogP contribution in [0.5, 0.6) is 17.2 Å². The summed E-state index contributed by atoms with van der Waals surface area (Å²) in [5.41, 5.74) is 4.07. The zero-order valence-electron chi connectivity index (χ0n) is 24.6. The molecule has 1 aliphatic heterocycles. The van der Waals surface area contributed by atoms with Crippen LogP contribution in [-0.4, -0.2) is 53.3 Å². The second-order valence-electron chi connectivity index (χ2n) is 11.0. The Kier molecular flexibility index (Phi) is 8.47. The molecule has 1 aliphatic rings. The van der Waals surface area contributed by atoms with E-state index in [1.807, 2.05) is 61.0 Å². The van der Waals surface area contributed by atoms with E-state index in [4.69, 9.17) is 19.2 Å². The monoisotopic (exact) mass is 568 g/mol. The van der Waals surface area contributed by atoms with Gasteiger partial charge in [0.1, 0.15) is 12.3 Å². The minimum atomic E-state index is -0.350. The van der Waals surface area contributed by atoms with E-state index < -0.39 is 0 Å². The second kappa shape index (κ2) is 12.4. The summed E-state index contributed by atoms with van der Waals surface area (Å²) in [4.78, 5) is 33.3. The molecule has 1 N–H and O–H groups in total. The third-order valence-electron chi connectivity index (χ3n) is 7.01. The summed E-state index contributed by atoms with van der Waals surface area (Å²) in [6, 6.07) is 20.8. The molecule has 3 aromatic carbocycles. The molecule has 0 saturated heterocycles. The zero-order chi connectivity index (χ0) is 29.8. The van der Waals surface area contributed by atoms with Gasteiger partial charge in [0.25, 0.3) is 5.91 Å². The maximum absolute atomic E-state index is 13.5. The number of ether oxygens (including phenoxy) is 3. The van der Waals surface area contributed by atoms with Crippen LogP contribution < -0.4 is 19.5 Å². The number of methoxy groups -OCH3 is 1. The Labute approximate surface area is 246 Å². The first-order valence-corrected chi connectivity index (χ1v) is 14.0. The van der Waals surface area contributed by atoms with Crippen molar-refractivity contribution < 1.29 is 23.8 Å². The Hall–Kier alpha value is -4.79. The van der Waals surface area contributed by atoms with Crippen molar-refractivity contribution in [1.82, 2.24) is 14.5 Å². The van der Waals surface area contributed by atoms with E-state index in [0.717, 1.165) is 17.0 Å². The number of carbonyl (C=O) groups excluding carboxylic acids is 2. The molecule has 0 saturated carbocycles. The molecule has 9 nitrogen and oxygen atoms in total. The third-order valence-corrected chi connectivity index (χ3v) is 7.01. The van der Waals surface area contributed by atoms with Gasteiger partial charge in [-0.1, -0.05) is 39.8 Å². The number of benzene rings is 3. The van der Waals surface area contributed by atoms with Gasteiger partial charge >= 0.3 is 0 Å². The lowest BCUT2D eigenvalue weighted by molar-refractivity contribution is -0.117. The maximum atomic E-state index is 13.5. The van der Waals surface area contributed by atoms with E-state index in [9.17, 15) is 9.59 Å². The molecular formula is C33H36N4O5. The number of rotatable bonds is 10. The summed E-state index contributed by atoms with van der Waals surface area (Å²) in [7, 11) is 1.62. The molecular weight excluding hydrogens is 532 g/mol. The van der Waals surface area contributed by atoms with Gasteiger partial charge in [-0.3, -0.25) is 19.5 Å². The average molecular weight is 569 g/mol. The van der Waals surface area contributed by atoms with Crippen molar-refractivity contribution in [2.24, 2.45) is 5.92 Å². The van der Waals surface area contributed by atoms with Gasteiger partial charge < -0.3 is 19.1 Å². The Morgan fingerprint density at radius 2 is 1.69 bits per heavy atom. The van der Waals surface area contributed by atoms with E-state index in [1.165, 1.54) is 5.56 Å². The van der Waals surface area contributed by atoms with Gasteiger partial charge in [0, 0.05) is 29.6 Å². The summed E-state index contributed by atoms with van der Waals surface area (Å²) >= 11 is 0. The highest BCUT2D eigenvalue weighted by Crippen LogP contribution is 2.33. The highest BCUT2D eigenvalue weighted by Gasteiger charge is 2.24. The molecule has 0 atom stereocenters. The highest BCUT2D eigenvalue weighted by molar-refractivity contribution is 5.99. The van der Waals surface area contributed by atoms with Gasteiger partial charge in [0.05, 0.1) is 12.8 Å². The number of nitrogens with zero attached hydrogens (tertiary/aromatic N) is 3. The molecule has 0 fully saturated rings. The molecule has 0 unspecified atom stereocenters. The van der Waals surface area contributed by atoms with Crippen LogP contribution in [0.25, 0.3) is 16.9 Å². The number of aromatic nitrogens is 2. The zero-order valence-corrected chi connectivity index (χ0v) is 24.6. The molecule has 1 aromatic heterocycles. The van der Waals surface area contributed by atoms with Gasteiger partial charge in [-0.25, -0.2) is 4.98 Å². The fourth-order valence-corrected chi connectivity index (χ4v) is 4.80. The lowest BCUT2D eigenvalue weighted by Crippen LogP contribution is -2.40. The fourth-order valence-electron chi connectivity index (χ4n) is 4.80. The van der Waals surface area contributed by atoms with Crippen LogP contribution in [0.2, 0.25) is 0 Å². The van der Waals surface area contributed by atoms with E-state index >= 15 is 0 Å². The van der Waals surface area contributed by atoms with Crippen LogP contribution in [0, 0.1) is 5.92 Å². The van der Waals surface area contributed by atoms with Crippen molar-refractivity contribution in [3.8, 4) is 34.2 Å². The van der Waals surface area contributed by atoms with E-state index in [1.54, 1.807) is 30.2 Å². The summed E-state index contributed by atoms with van der Waals surface area (Å²) < 4.78 is 18.0. The predicted octanol–water partition coefficient (Wildman–Crippen LogP) is 6.14. The number of nitrogens with one attached hydrogen (secondary N) is 1. The first-order valence-electron chi connectivity index (χ1n) is 14.0. The molecule has 5 rings (SSSR count). The van der Waals surface area contributed by atoms with Crippen molar-refractivity contribution >= 4 is 17.8 Å². The summed E-state index contributed by atoms with van der Waals surface area (Å²) in [6.07, 6.45) is 1.89. The fraction of sp³-hybridized carbons (Fsp3) is 0.303. The van der Waals surface area contributed by atoms with Crippen molar-refractivity contribution in [2.75, 3.05) is 32.3 Å². The van der Waals surface area contributed by atoms with E-state index in [0.29, 0.717) is 41.2 Å². The molecule has 0 aliphatic carbocycles. The van der Waals surface area contributed by atoms with Crippen LogP contribution in [0.15, 0.2) is 72.9 Å². The Morgan fingerprint density at radius 1 is 0.976 bits per heavy atom. The lowest BCUT2D eigenvalue weighted by Gasteiger charge is -2.24. The Bertz CT molecular complexity index is 1560. The first kappa shape index (κ1) is 28.7. The lowest BCUT2D eigenvalue weighted by atomic mass is 10.0. The van der Waals surface area contributed by atoms with Gasteiger partial charge in [-0.05, 0) is 72.0 Å². The topological polar surface area (TPSA) is 94.9 Å². The van der Waals surface area contributed by atoms with Crippen molar-refractivity contribution in [3.05, 3.63) is 84.1 Å². The number of hydrogen-bond donors (Lipinski definition) is 1. The summed E-state index contributed by atoms with van der Waals surface area (Å²) in [6.45, 7) is 8.70. The molecule has 42 heavy (non-hydrogen) atoms. The van der Waals surface area contributed by atoms with Crippen LogP contribution in [0.3, 0.4) is 0 Å². The molecule has 0 radical (unpaired) electrons. The number of fused-ring (bicyclic) bond motifs is 1. The molecule has 4 aromatic rings. The van der Waals surface area contributed by atoms with Crippen molar-refractivity contribution in [1.29, 1.82) is 0 Å². The number of imidazole rings is 1. The Morgan fingerprint density at radius 3 is 2.36 bits per heavy atom. The normalized spacial score (nSPS) is 12.1. The minimum absolute atomic E-state index is 0.121. The van der Waals surface area contributed by atoms with Gasteiger partial charge in [0.2, 0.25) is 18.6 Å². The molecule has 0 bridgehead atoms. The predicted molar refractivity (Wildman–Crippen MR) is 162 cm³/mol. The SMILES string of the molecule is COc1ccc(-c2cn(-c3ccc(C(C)C)cc3)c(NC(=O)CN(CC(C)C)C(=O)c3ccc4c(c3)OCO4)n2)cc1. The van der Waals surface area contributed by atoms with Crippen LogP contribution in [0.1, 0.15) is 49.5 Å². The molecule has 2 heterocycles. The van der Waals surface area contributed by atoms with Gasteiger partial charge in [-0.2, -0.15) is 0 Å². The number of hydrogen-bond acceptors (Lipinski definition) is 6. The first-order chi connectivity index (χ1) is 20.2. The maximum Gasteiger partial charge on any atom is 0.254 e. The Balaban J connectivity index is 1.42. The smallest absolute Gasteiger partial charge is 0.254 e. The molecule has 2 amide bonds. The van der Waals surface area contributed by atoms with E-state index in [-0.39, 0.29) is 31.1 Å². The largest absolute Gasteiger partial charge is 0.497 e. The highest BCUT2D eigenvalue weighted by atomic mass is 16.7. The number of amides is 2. The molecule has 0 spiro atoms. The van der Waals surface area contributed by atoms with E-state index in [2.05, 4.69) is 31.3 Å². The summed E-state index contributed by atoms with van der Waals surface area (Å²) in [5.74, 6) is 2.16. The second-order valence-corrected chi connectivity index (χ2v) is 11.0. The van der Waals surface area contributed by atoms with Crippen molar-refractivity contribution in [2.45, 2.75) is 33.6 Å². The van der Waals surface area contributed by atoms with Crippen LogP contribution in [0.4, 0.5) is 5.95 Å². The van der Waals surface area contributed by atoms with Crippen molar-refractivity contribution in [3.63, 3.8) is 0 Å². The summed E-state index contributed by atoms with van der Waals surface area (Å²) in [5, 5.41) is 2.96. The number of anilines is 1.